The highest BCUT2D eigenvalue weighted by Crippen LogP contribution is 2.28. The number of carbonyl (C=O) groups is 3. The van der Waals surface area contributed by atoms with E-state index in [1.165, 1.54) is 21.9 Å². The topological polar surface area (TPSA) is 211 Å². The summed E-state index contributed by atoms with van der Waals surface area (Å²) in [6, 6.07) is 15.5. The first kappa shape index (κ1) is 28.1. The number of carboxylic acid groups (broad SMARTS) is 2. The molecule has 14 heteroatoms. The molecule has 5 N–H and O–H groups in total. The molecule has 1 aliphatic rings. The van der Waals surface area contributed by atoms with Gasteiger partial charge in [-0.2, -0.15) is 15.5 Å². The van der Waals surface area contributed by atoms with Gasteiger partial charge in [-0.1, -0.05) is 11.6 Å². The first-order valence-corrected chi connectivity index (χ1v) is 11.2. The molecule has 0 unspecified atom stereocenters. The van der Waals surface area contributed by atoms with E-state index in [4.69, 9.17) is 32.5 Å². The van der Waals surface area contributed by atoms with E-state index in [0.29, 0.717) is 10.7 Å². The lowest BCUT2D eigenvalue weighted by molar-refractivity contribution is 0.0682. The molecule has 39 heavy (non-hydrogen) atoms. The summed E-state index contributed by atoms with van der Waals surface area (Å²) in [5.41, 5.74) is 0.270. The van der Waals surface area contributed by atoms with Crippen LogP contribution in [0.3, 0.4) is 0 Å². The average Bonchev–Trinajstić information content (AvgIpc) is 3.17. The third-order valence-electron chi connectivity index (χ3n) is 5.12. The van der Waals surface area contributed by atoms with Gasteiger partial charge in [0.05, 0.1) is 29.7 Å². The molecule has 0 atom stereocenters. The van der Waals surface area contributed by atoms with Gasteiger partial charge >= 0.3 is 18.0 Å². The van der Waals surface area contributed by atoms with E-state index >= 15 is 0 Å². The zero-order valence-corrected chi connectivity index (χ0v) is 20.6. The van der Waals surface area contributed by atoms with Gasteiger partial charge in [-0.3, -0.25) is 5.41 Å². The van der Waals surface area contributed by atoms with E-state index in [9.17, 15) is 24.6 Å². The zero-order valence-electron chi connectivity index (χ0n) is 19.8. The van der Waals surface area contributed by atoms with Crippen LogP contribution in [0, 0.1) is 16.7 Å². The number of carbonyl (C=O) groups excluding carboxylic acids is 1. The summed E-state index contributed by atoms with van der Waals surface area (Å²) in [5.74, 6) is -3.26. The summed E-state index contributed by atoms with van der Waals surface area (Å²) >= 11 is 5.76. The maximum absolute atomic E-state index is 11.9. The number of halogens is 1. The highest BCUT2D eigenvalue weighted by atomic mass is 35.5. The standard InChI is InChI=1S/C14H10N2O6.C11H9ClN4O/c17-11-3-1-7(5-9(11)13(19)20)15-16-8-2-4-12(18)10(6-8)14(21)22;12-8-1-3-9(4-2-8)16-10(14)7-15(6-5-13)11(16)17/h1-6,17-18H,(H,19,20)(H,21,22);1-4,14H,6-7H2. The van der Waals surface area contributed by atoms with E-state index in [2.05, 4.69) is 10.2 Å². The molecule has 0 spiro atoms. The Morgan fingerprint density at radius 1 is 0.923 bits per heavy atom. The van der Waals surface area contributed by atoms with E-state index in [1.807, 2.05) is 6.07 Å². The molecule has 1 saturated heterocycles. The molecule has 2 amide bonds. The lowest BCUT2D eigenvalue weighted by Crippen LogP contribution is -2.32. The number of amidine groups is 1. The molecule has 0 aliphatic carbocycles. The maximum atomic E-state index is 11.9. The van der Waals surface area contributed by atoms with Crippen molar-refractivity contribution in [3.8, 4) is 17.6 Å². The number of hydrogen-bond donors (Lipinski definition) is 5. The molecule has 13 nitrogen and oxygen atoms in total. The number of phenols is 2. The van der Waals surface area contributed by atoms with Crippen LogP contribution in [0.15, 0.2) is 70.9 Å². The van der Waals surface area contributed by atoms with E-state index in [0.717, 1.165) is 24.3 Å². The largest absolute Gasteiger partial charge is 0.507 e. The Labute approximate surface area is 225 Å². The number of amides is 2. The minimum absolute atomic E-state index is 0.00863. The number of urea groups is 1. The maximum Gasteiger partial charge on any atom is 0.339 e. The van der Waals surface area contributed by atoms with Gasteiger partial charge in [-0.15, -0.1) is 0 Å². The Morgan fingerprint density at radius 3 is 1.85 bits per heavy atom. The third-order valence-corrected chi connectivity index (χ3v) is 5.37. The predicted octanol–water partition coefficient (Wildman–Crippen LogP) is 4.99. The summed E-state index contributed by atoms with van der Waals surface area (Å²) in [5, 5.41) is 60.9. The smallest absolute Gasteiger partial charge is 0.339 e. The van der Waals surface area contributed by atoms with Gasteiger partial charge in [0.1, 0.15) is 35.0 Å². The number of benzene rings is 3. The summed E-state index contributed by atoms with van der Waals surface area (Å²) in [6.45, 7) is 0.153. The van der Waals surface area contributed by atoms with Crippen LogP contribution in [0.1, 0.15) is 20.7 Å². The fourth-order valence-corrected chi connectivity index (χ4v) is 3.40. The van der Waals surface area contributed by atoms with Crippen LogP contribution in [0.5, 0.6) is 11.5 Å². The van der Waals surface area contributed by atoms with Crippen LogP contribution in [0.2, 0.25) is 5.02 Å². The Balaban J connectivity index is 0.000000223. The van der Waals surface area contributed by atoms with Gasteiger partial charge in [0.2, 0.25) is 0 Å². The molecule has 1 heterocycles. The van der Waals surface area contributed by atoms with Crippen LogP contribution < -0.4 is 4.90 Å². The molecule has 198 valence electrons. The van der Waals surface area contributed by atoms with E-state index in [1.54, 1.807) is 24.3 Å². The Kier molecular flexibility index (Phi) is 8.77. The zero-order chi connectivity index (χ0) is 28.7. The van der Waals surface area contributed by atoms with Gasteiger partial charge in [0.25, 0.3) is 0 Å². The first-order chi connectivity index (χ1) is 18.5. The number of aromatic carboxylic acids is 2. The van der Waals surface area contributed by atoms with Crippen molar-refractivity contribution in [2.24, 2.45) is 10.2 Å². The van der Waals surface area contributed by atoms with Gasteiger partial charge < -0.3 is 25.3 Å². The number of azo groups is 1. The Morgan fingerprint density at radius 2 is 1.41 bits per heavy atom. The second kappa shape index (κ2) is 12.2. The van der Waals surface area contributed by atoms with Gasteiger partial charge in [0.15, 0.2) is 0 Å². The Bertz CT molecular complexity index is 1450. The van der Waals surface area contributed by atoms with Gasteiger partial charge in [-0.25, -0.2) is 19.3 Å². The number of nitriles is 1. The molecule has 0 aromatic heterocycles. The van der Waals surface area contributed by atoms with Crippen LogP contribution in [0.25, 0.3) is 0 Å². The highest BCUT2D eigenvalue weighted by Gasteiger charge is 2.34. The van der Waals surface area contributed by atoms with Crippen LogP contribution in [-0.4, -0.2) is 62.2 Å². The van der Waals surface area contributed by atoms with Crippen LogP contribution in [-0.2, 0) is 0 Å². The molecular weight excluding hydrogens is 532 g/mol. The van der Waals surface area contributed by atoms with Crippen molar-refractivity contribution in [2.45, 2.75) is 0 Å². The van der Waals surface area contributed by atoms with Crippen molar-refractivity contribution < 1.29 is 34.8 Å². The van der Waals surface area contributed by atoms with Crippen LogP contribution >= 0.6 is 11.6 Å². The average molecular weight is 551 g/mol. The monoisotopic (exact) mass is 550 g/mol. The SMILES string of the molecule is N#CCN1CC(=N)N(c2ccc(Cl)cc2)C1=O.O=C(O)c1cc(N=Nc2ccc(O)c(C(=O)O)c2)ccc1O. The van der Waals surface area contributed by atoms with Gasteiger partial charge in [0, 0.05) is 5.02 Å². The lowest BCUT2D eigenvalue weighted by atomic mass is 10.2. The fraction of sp³-hybridized carbons (Fsp3) is 0.0800. The minimum Gasteiger partial charge on any atom is -0.507 e. The second-order valence-electron chi connectivity index (χ2n) is 7.77. The van der Waals surface area contributed by atoms with E-state index in [-0.39, 0.29) is 47.5 Å². The molecule has 3 aromatic carbocycles. The molecule has 1 aliphatic heterocycles. The summed E-state index contributed by atoms with van der Waals surface area (Å²) in [6.07, 6.45) is 0. The molecule has 1 fully saturated rings. The Hall–Kier alpha value is -5.48. The van der Waals surface area contributed by atoms with Crippen LogP contribution in [0.4, 0.5) is 21.9 Å². The predicted molar refractivity (Wildman–Crippen MR) is 139 cm³/mol. The molecule has 0 bridgehead atoms. The number of hydrogen-bond acceptors (Lipinski definition) is 9. The number of aromatic hydroxyl groups is 2. The molecular formula is C25H19ClN6O7. The quantitative estimate of drug-likeness (QED) is 0.208. The summed E-state index contributed by atoms with van der Waals surface area (Å²) in [7, 11) is 0. The number of nitrogens with one attached hydrogen (secondary N) is 1. The minimum atomic E-state index is -1.31. The van der Waals surface area contributed by atoms with Crippen molar-refractivity contribution in [1.29, 1.82) is 10.7 Å². The molecule has 3 aromatic rings. The lowest BCUT2D eigenvalue weighted by Gasteiger charge is -2.16. The molecule has 0 radical (unpaired) electrons. The molecule has 0 saturated carbocycles. The second-order valence-corrected chi connectivity index (χ2v) is 8.20. The summed E-state index contributed by atoms with van der Waals surface area (Å²) in [4.78, 5) is 36.3. The fourth-order valence-electron chi connectivity index (χ4n) is 3.27. The first-order valence-electron chi connectivity index (χ1n) is 10.8. The van der Waals surface area contributed by atoms with Crippen molar-refractivity contribution in [1.82, 2.24) is 4.90 Å². The summed E-state index contributed by atoms with van der Waals surface area (Å²) < 4.78 is 0. The van der Waals surface area contributed by atoms with Crippen molar-refractivity contribution in [3.05, 3.63) is 76.8 Å². The van der Waals surface area contributed by atoms with Crippen molar-refractivity contribution in [2.75, 3.05) is 18.0 Å². The number of rotatable bonds is 6. The van der Waals surface area contributed by atoms with Crippen molar-refractivity contribution >= 4 is 52.5 Å². The third kappa shape index (κ3) is 6.85. The van der Waals surface area contributed by atoms with Crippen molar-refractivity contribution in [3.63, 3.8) is 0 Å². The molecule has 4 rings (SSSR count). The highest BCUT2D eigenvalue weighted by molar-refractivity contribution is 6.30. The number of anilines is 1. The normalized spacial score (nSPS) is 12.7. The number of carboxylic acids is 2. The number of nitrogens with zero attached hydrogens (tertiary/aromatic N) is 5. The van der Waals surface area contributed by atoms with E-state index < -0.39 is 23.4 Å². The van der Waals surface area contributed by atoms with Gasteiger partial charge in [-0.05, 0) is 60.7 Å².